The first-order valence-corrected chi connectivity index (χ1v) is 18.4. The number of hydrogen-bond acceptors (Lipinski definition) is 6. The van der Waals surface area contributed by atoms with Crippen molar-refractivity contribution in [1.29, 1.82) is 0 Å². The zero-order chi connectivity index (χ0) is 33.2. The Morgan fingerprint density at radius 3 is 0.822 bits per heavy atom. The molecule has 0 saturated heterocycles. The molecule has 9 nitrogen and oxygen atoms in total. The minimum Gasteiger partial charge on any atom is -0.366 e. The van der Waals surface area contributed by atoms with Crippen LogP contribution in [0, 0.1) is 0 Å². The maximum Gasteiger partial charge on any atom is 0.404 e. The summed E-state index contributed by atoms with van der Waals surface area (Å²) in [6.07, 6.45) is 2.23. The molecule has 0 spiro atoms. The van der Waals surface area contributed by atoms with Gasteiger partial charge in [0.15, 0.2) is 17.2 Å². The summed E-state index contributed by atoms with van der Waals surface area (Å²) in [5.74, 6) is 0.476. The van der Waals surface area contributed by atoms with Gasteiger partial charge in [-0.15, -0.1) is 0 Å². The Morgan fingerprint density at radius 2 is 0.644 bits per heavy atom. The minimum absolute atomic E-state index is 0.159. The zero-order valence-corrected chi connectivity index (χ0v) is 33.6. The van der Waals surface area contributed by atoms with Crippen LogP contribution in [0.5, 0.6) is 17.2 Å². The summed E-state index contributed by atoms with van der Waals surface area (Å²) in [5, 5.41) is 0. The number of rotatable bonds is 12. The molecule has 1 aromatic heterocycles. The Morgan fingerprint density at radius 1 is 0.444 bits per heavy atom. The van der Waals surface area contributed by atoms with Gasteiger partial charge in [-0.05, 0) is 72.4 Å². The van der Waals surface area contributed by atoms with E-state index < -0.39 is 26.8 Å². The molecule has 4 rings (SSSR count). The van der Waals surface area contributed by atoms with Gasteiger partial charge >= 0.3 is 17.1 Å². The van der Waals surface area contributed by atoms with Crippen LogP contribution in [0.2, 0.25) is 0 Å². The first-order chi connectivity index (χ1) is 21.1. The van der Waals surface area contributed by atoms with E-state index in [9.17, 15) is 14.4 Å². The fraction of sp³-hybridized carbons (Fsp3) is 0.300. The third-order valence-electron chi connectivity index (χ3n) is 6.79. The highest BCUT2D eigenvalue weighted by atomic mass is 79.9. The van der Waals surface area contributed by atoms with E-state index in [2.05, 4.69) is 95.6 Å². The Kier molecular flexibility index (Phi) is 11.8. The number of benzene rings is 3. The molecule has 0 aliphatic carbocycles. The molecule has 0 amide bonds. The topological polar surface area (TPSA) is 93.7 Å². The second kappa shape index (κ2) is 14.6. The van der Waals surface area contributed by atoms with E-state index in [-0.39, 0.29) is 17.2 Å². The first kappa shape index (κ1) is 36.2. The first-order valence-electron chi connectivity index (χ1n) is 13.6. The SMILES string of the molecule is CCC(Br)(Br)c1ccc(On2c(=O)n(Oc3ccc(C(Br)(Br)CC)cc3)c(=O)n(Oc3ccc(C(Br)(Br)CC)cc3)c2=O)cc1. The summed E-state index contributed by atoms with van der Waals surface area (Å²) in [5.41, 5.74) is -0.844. The molecular weight excluding hydrogens is 978 g/mol. The Balaban J connectivity index is 1.79. The molecule has 0 fully saturated rings. The molecule has 0 radical (unpaired) electrons. The van der Waals surface area contributed by atoms with Crippen LogP contribution in [0.3, 0.4) is 0 Å². The van der Waals surface area contributed by atoms with E-state index in [1.54, 1.807) is 72.8 Å². The molecule has 0 atom stereocenters. The van der Waals surface area contributed by atoms with Gasteiger partial charge in [-0.3, -0.25) is 0 Å². The molecule has 0 saturated carbocycles. The third-order valence-corrected chi connectivity index (χ3v) is 12.9. The van der Waals surface area contributed by atoms with Gasteiger partial charge in [0.25, 0.3) is 0 Å². The number of alkyl halides is 6. The van der Waals surface area contributed by atoms with Crippen molar-refractivity contribution in [3.63, 3.8) is 0 Å². The second-order valence-corrected chi connectivity index (χ2v) is 21.1. The lowest BCUT2D eigenvalue weighted by Gasteiger charge is -2.20. The highest BCUT2D eigenvalue weighted by molar-refractivity contribution is 9.25. The quantitative estimate of drug-likeness (QED) is 0.132. The van der Waals surface area contributed by atoms with E-state index >= 15 is 0 Å². The smallest absolute Gasteiger partial charge is 0.366 e. The van der Waals surface area contributed by atoms with Gasteiger partial charge in [0, 0.05) is 0 Å². The summed E-state index contributed by atoms with van der Waals surface area (Å²) >= 11 is 21.7. The van der Waals surface area contributed by atoms with Crippen molar-refractivity contribution in [2.45, 2.75) is 49.7 Å². The molecule has 0 N–H and O–H groups in total. The van der Waals surface area contributed by atoms with Crippen molar-refractivity contribution in [2.75, 3.05) is 0 Å². The van der Waals surface area contributed by atoms with Crippen molar-refractivity contribution in [3.8, 4) is 17.2 Å². The molecule has 0 aliphatic heterocycles. The van der Waals surface area contributed by atoms with Gasteiger partial charge < -0.3 is 14.5 Å². The summed E-state index contributed by atoms with van der Waals surface area (Å²) in [6, 6.07) is 20.2. The second-order valence-electron chi connectivity index (χ2n) is 9.75. The molecule has 45 heavy (non-hydrogen) atoms. The minimum atomic E-state index is -1.17. The highest BCUT2D eigenvalue weighted by Gasteiger charge is 2.26. The molecule has 0 bridgehead atoms. The van der Waals surface area contributed by atoms with Gasteiger partial charge in [-0.1, -0.05) is 167 Å². The van der Waals surface area contributed by atoms with E-state index in [1.165, 1.54) is 0 Å². The molecule has 3 aromatic carbocycles. The predicted octanol–water partition coefficient (Wildman–Crippen LogP) is 8.76. The normalized spacial score (nSPS) is 12.2. The van der Waals surface area contributed by atoms with Gasteiger partial charge in [0.2, 0.25) is 0 Å². The number of hydrogen-bond donors (Lipinski definition) is 0. The molecule has 4 aromatic rings. The maximum absolute atomic E-state index is 13.5. The van der Waals surface area contributed by atoms with Gasteiger partial charge in [0.05, 0.1) is 0 Å². The van der Waals surface area contributed by atoms with Crippen molar-refractivity contribution >= 4 is 95.6 Å². The monoisotopic (exact) mass is 999 g/mol. The van der Waals surface area contributed by atoms with Crippen molar-refractivity contribution in [1.82, 2.24) is 14.2 Å². The number of aromatic nitrogens is 3. The van der Waals surface area contributed by atoms with Crippen molar-refractivity contribution in [3.05, 3.63) is 121 Å². The summed E-state index contributed by atoms with van der Waals surface area (Å²) in [4.78, 5) is 57.7. The van der Waals surface area contributed by atoms with Gasteiger partial charge in [0.1, 0.15) is 9.70 Å². The lowest BCUT2D eigenvalue weighted by molar-refractivity contribution is 0.0655. The lowest BCUT2D eigenvalue weighted by Crippen LogP contribution is -2.58. The molecular formula is C30H27Br6N3O6. The van der Waals surface area contributed by atoms with Crippen molar-refractivity contribution in [2.24, 2.45) is 0 Å². The average molecular weight is 1000 g/mol. The Labute approximate surface area is 309 Å². The molecule has 0 aliphatic rings. The summed E-state index contributed by atoms with van der Waals surface area (Å²) in [6.45, 7) is 6.00. The van der Waals surface area contributed by atoms with Crippen LogP contribution in [-0.2, 0) is 9.70 Å². The van der Waals surface area contributed by atoms with Crippen LogP contribution in [-0.4, -0.2) is 14.2 Å². The maximum atomic E-state index is 13.5. The largest absolute Gasteiger partial charge is 0.404 e. The fourth-order valence-corrected chi connectivity index (χ4v) is 5.52. The van der Waals surface area contributed by atoms with Crippen LogP contribution in [0.1, 0.15) is 56.7 Å². The van der Waals surface area contributed by atoms with Crippen LogP contribution in [0.4, 0.5) is 0 Å². The zero-order valence-electron chi connectivity index (χ0n) is 24.1. The molecule has 15 heteroatoms. The number of halogens is 6. The van der Waals surface area contributed by atoms with E-state index in [0.717, 1.165) is 36.0 Å². The lowest BCUT2D eigenvalue weighted by atomic mass is 10.1. The van der Waals surface area contributed by atoms with Crippen LogP contribution in [0.25, 0.3) is 0 Å². The van der Waals surface area contributed by atoms with Gasteiger partial charge in [-0.25, -0.2) is 14.4 Å². The van der Waals surface area contributed by atoms with Crippen LogP contribution < -0.4 is 31.6 Å². The predicted molar refractivity (Wildman–Crippen MR) is 196 cm³/mol. The third kappa shape index (κ3) is 8.26. The molecule has 240 valence electrons. The van der Waals surface area contributed by atoms with E-state index in [4.69, 9.17) is 14.5 Å². The Hall–Kier alpha value is -1.65. The Bertz CT molecular complexity index is 1570. The van der Waals surface area contributed by atoms with Crippen molar-refractivity contribution < 1.29 is 14.5 Å². The summed E-state index contributed by atoms with van der Waals surface area (Å²) < 4.78 is -0.180. The highest BCUT2D eigenvalue weighted by Crippen LogP contribution is 2.43. The van der Waals surface area contributed by atoms with Crippen LogP contribution >= 0.6 is 95.6 Å². The molecule has 0 unspecified atom stereocenters. The standard InChI is InChI=1S/C30H27Br6N3O6/c1-4-28(31,32)19-7-13-22(14-8-19)43-37-25(40)38(44-23-15-9-20(10-16-23)29(33,34)5-2)27(42)39(26(37)41)45-24-17-11-21(12-18-24)30(35,36)6-3/h7-18H,4-6H2,1-3H3. The van der Waals surface area contributed by atoms with Crippen LogP contribution in [0.15, 0.2) is 87.2 Å². The van der Waals surface area contributed by atoms with E-state index in [1.807, 2.05) is 20.8 Å². The van der Waals surface area contributed by atoms with E-state index in [0.29, 0.717) is 14.2 Å². The summed E-state index contributed by atoms with van der Waals surface area (Å²) in [7, 11) is 0. The average Bonchev–Trinajstić information content (AvgIpc) is 3.04. The fourth-order valence-electron chi connectivity index (χ4n) is 3.93. The molecule has 1 heterocycles. The number of nitrogens with zero attached hydrogens (tertiary/aromatic N) is 3. The van der Waals surface area contributed by atoms with Gasteiger partial charge in [-0.2, -0.15) is 0 Å².